The van der Waals surface area contributed by atoms with Gasteiger partial charge in [-0.05, 0) is 51.2 Å². The second kappa shape index (κ2) is 11.1. The zero-order valence-corrected chi connectivity index (χ0v) is 18.8. The molecule has 168 valence electrons. The minimum Gasteiger partial charge on any atom is -0.382 e. The molecule has 7 nitrogen and oxygen atoms in total. The van der Waals surface area contributed by atoms with Gasteiger partial charge >= 0.3 is 0 Å². The standard InChI is InChI=1S/C24H34N4O3/c1-4-31-16-8-13-25-23(29)18(2)20-11-14-27(15-12-20)24(30)22-17-28(26-19(22)3)21-9-6-5-7-10-21/h5-7,9-10,17-18,20H,4,8,11-16H2,1-3H3,(H,25,29). The summed E-state index contributed by atoms with van der Waals surface area (Å²) in [5.74, 6) is 0.364. The summed E-state index contributed by atoms with van der Waals surface area (Å²) in [5.41, 5.74) is 2.31. The molecule has 31 heavy (non-hydrogen) atoms. The number of nitrogens with one attached hydrogen (secondary N) is 1. The van der Waals surface area contributed by atoms with E-state index in [1.165, 1.54) is 0 Å². The molecule has 1 aliphatic heterocycles. The monoisotopic (exact) mass is 426 g/mol. The van der Waals surface area contributed by atoms with Gasteiger partial charge in [0.05, 0.1) is 16.9 Å². The first-order valence-corrected chi connectivity index (χ1v) is 11.3. The number of ether oxygens (including phenoxy) is 1. The maximum atomic E-state index is 13.1. The van der Waals surface area contributed by atoms with E-state index in [0.717, 1.165) is 30.6 Å². The van der Waals surface area contributed by atoms with Crippen LogP contribution in [0.2, 0.25) is 0 Å². The van der Waals surface area contributed by atoms with Crippen LogP contribution in [0.1, 0.15) is 49.2 Å². The van der Waals surface area contributed by atoms with Gasteiger partial charge in [0.15, 0.2) is 0 Å². The van der Waals surface area contributed by atoms with Crippen LogP contribution < -0.4 is 5.32 Å². The maximum Gasteiger partial charge on any atom is 0.257 e. The SMILES string of the molecule is CCOCCCNC(=O)C(C)C1CCN(C(=O)c2cn(-c3ccccc3)nc2C)CC1. The lowest BCUT2D eigenvalue weighted by molar-refractivity contribution is -0.126. The Labute approximate surface area is 184 Å². The van der Waals surface area contributed by atoms with Crippen molar-refractivity contribution in [3.05, 3.63) is 47.8 Å². The van der Waals surface area contributed by atoms with E-state index in [0.29, 0.717) is 44.3 Å². The largest absolute Gasteiger partial charge is 0.382 e. The first kappa shape index (κ1) is 23.0. The highest BCUT2D eigenvalue weighted by Crippen LogP contribution is 2.26. The molecule has 2 amide bonds. The first-order chi connectivity index (χ1) is 15.0. The topological polar surface area (TPSA) is 76.5 Å². The molecule has 1 unspecified atom stereocenters. The Kier molecular flexibility index (Phi) is 8.23. The maximum absolute atomic E-state index is 13.1. The highest BCUT2D eigenvalue weighted by atomic mass is 16.5. The lowest BCUT2D eigenvalue weighted by Gasteiger charge is -2.34. The number of amides is 2. The van der Waals surface area contributed by atoms with E-state index >= 15 is 0 Å². The fraction of sp³-hybridized carbons (Fsp3) is 0.542. The lowest BCUT2D eigenvalue weighted by atomic mass is 9.84. The van der Waals surface area contributed by atoms with Crippen LogP contribution in [0.25, 0.3) is 5.69 Å². The number of piperidine rings is 1. The fourth-order valence-electron chi connectivity index (χ4n) is 4.06. The van der Waals surface area contributed by atoms with Crippen molar-refractivity contribution in [2.45, 2.75) is 40.0 Å². The molecule has 0 bridgehead atoms. The minimum absolute atomic E-state index is 0.0196. The van der Waals surface area contributed by atoms with Crippen molar-refractivity contribution >= 4 is 11.8 Å². The minimum atomic E-state index is -0.0492. The van der Waals surface area contributed by atoms with Crippen LogP contribution in [0.3, 0.4) is 0 Å². The summed E-state index contributed by atoms with van der Waals surface area (Å²) >= 11 is 0. The number of hydrogen-bond acceptors (Lipinski definition) is 4. The number of benzene rings is 1. The molecule has 1 N–H and O–H groups in total. The second-order valence-corrected chi connectivity index (χ2v) is 8.17. The van der Waals surface area contributed by atoms with E-state index in [1.807, 2.05) is 62.2 Å². The van der Waals surface area contributed by atoms with Crippen molar-refractivity contribution in [3.8, 4) is 5.69 Å². The Morgan fingerprint density at radius 1 is 1.23 bits per heavy atom. The van der Waals surface area contributed by atoms with Crippen LogP contribution in [0.5, 0.6) is 0 Å². The lowest BCUT2D eigenvalue weighted by Crippen LogP contribution is -2.43. The molecule has 0 aliphatic carbocycles. The molecule has 1 aliphatic rings. The predicted molar refractivity (Wildman–Crippen MR) is 120 cm³/mol. The average molecular weight is 427 g/mol. The molecule has 2 aromatic rings. The average Bonchev–Trinajstić information content (AvgIpc) is 3.20. The van der Waals surface area contributed by atoms with Crippen LogP contribution >= 0.6 is 0 Å². The van der Waals surface area contributed by atoms with Gasteiger partial charge in [0.1, 0.15) is 0 Å². The molecular formula is C24H34N4O3. The van der Waals surface area contributed by atoms with E-state index in [-0.39, 0.29) is 17.7 Å². The highest BCUT2D eigenvalue weighted by molar-refractivity contribution is 5.95. The number of para-hydroxylation sites is 1. The van der Waals surface area contributed by atoms with Gasteiger partial charge in [0.25, 0.3) is 5.91 Å². The van der Waals surface area contributed by atoms with Gasteiger partial charge in [-0.2, -0.15) is 5.10 Å². The number of carbonyl (C=O) groups excluding carboxylic acids is 2. The summed E-state index contributed by atoms with van der Waals surface area (Å²) in [6.07, 6.45) is 4.32. The van der Waals surface area contributed by atoms with Gasteiger partial charge in [0, 0.05) is 45.0 Å². The van der Waals surface area contributed by atoms with Crippen LogP contribution in [-0.2, 0) is 9.53 Å². The first-order valence-electron chi connectivity index (χ1n) is 11.3. The van der Waals surface area contributed by atoms with Gasteiger partial charge in [-0.15, -0.1) is 0 Å². The van der Waals surface area contributed by atoms with E-state index in [1.54, 1.807) is 4.68 Å². The van der Waals surface area contributed by atoms with E-state index in [2.05, 4.69) is 10.4 Å². The summed E-state index contributed by atoms with van der Waals surface area (Å²) < 4.78 is 7.06. The molecule has 0 saturated carbocycles. The van der Waals surface area contributed by atoms with E-state index in [9.17, 15) is 9.59 Å². The van der Waals surface area contributed by atoms with Crippen LogP contribution in [-0.4, -0.2) is 59.3 Å². The summed E-state index contributed by atoms with van der Waals surface area (Å²) in [5, 5.41) is 7.53. The van der Waals surface area contributed by atoms with Crippen molar-refractivity contribution in [1.82, 2.24) is 20.0 Å². The molecule has 0 spiro atoms. The third kappa shape index (κ3) is 5.94. The predicted octanol–water partition coefficient (Wildman–Crippen LogP) is 3.21. The normalized spacial score (nSPS) is 15.6. The van der Waals surface area contributed by atoms with Crippen molar-refractivity contribution < 1.29 is 14.3 Å². The van der Waals surface area contributed by atoms with Crippen LogP contribution in [0, 0.1) is 18.8 Å². The number of likely N-dealkylation sites (tertiary alicyclic amines) is 1. The zero-order valence-electron chi connectivity index (χ0n) is 18.8. The molecule has 7 heteroatoms. The smallest absolute Gasteiger partial charge is 0.257 e. The molecule has 1 aromatic carbocycles. The highest BCUT2D eigenvalue weighted by Gasteiger charge is 2.31. The molecule has 1 aromatic heterocycles. The molecule has 1 fully saturated rings. The number of nitrogens with zero attached hydrogens (tertiary/aromatic N) is 3. The Morgan fingerprint density at radius 3 is 2.61 bits per heavy atom. The molecule has 2 heterocycles. The van der Waals surface area contributed by atoms with Gasteiger partial charge in [-0.1, -0.05) is 25.1 Å². The molecule has 3 rings (SSSR count). The van der Waals surface area contributed by atoms with Crippen LogP contribution in [0.15, 0.2) is 36.5 Å². The Balaban J connectivity index is 1.51. The fourth-order valence-corrected chi connectivity index (χ4v) is 4.06. The summed E-state index contributed by atoms with van der Waals surface area (Å²) in [6.45, 7) is 9.19. The second-order valence-electron chi connectivity index (χ2n) is 8.17. The van der Waals surface area contributed by atoms with Gasteiger partial charge in [0.2, 0.25) is 5.91 Å². The quantitative estimate of drug-likeness (QED) is 0.625. The third-order valence-corrected chi connectivity index (χ3v) is 6.07. The van der Waals surface area contributed by atoms with Crippen molar-refractivity contribution in [2.24, 2.45) is 11.8 Å². The number of carbonyl (C=O) groups is 2. The van der Waals surface area contributed by atoms with Gasteiger partial charge in [-0.25, -0.2) is 4.68 Å². The Hall–Kier alpha value is -2.67. The van der Waals surface area contributed by atoms with Gasteiger partial charge < -0.3 is 15.0 Å². The Morgan fingerprint density at radius 2 is 1.94 bits per heavy atom. The third-order valence-electron chi connectivity index (χ3n) is 6.07. The van der Waals surface area contributed by atoms with E-state index < -0.39 is 0 Å². The van der Waals surface area contributed by atoms with Gasteiger partial charge in [-0.3, -0.25) is 9.59 Å². The summed E-state index contributed by atoms with van der Waals surface area (Å²) in [7, 11) is 0. The van der Waals surface area contributed by atoms with Crippen LogP contribution in [0.4, 0.5) is 0 Å². The number of aryl methyl sites for hydroxylation is 1. The van der Waals surface area contributed by atoms with Crippen molar-refractivity contribution in [2.75, 3.05) is 32.8 Å². The summed E-state index contributed by atoms with van der Waals surface area (Å²) in [4.78, 5) is 27.4. The zero-order chi connectivity index (χ0) is 22.2. The van der Waals surface area contributed by atoms with E-state index in [4.69, 9.17) is 4.74 Å². The molecule has 0 radical (unpaired) electrons. The van der Waals surface area contributed by atoms with Crippen molar-refractivity contribution in [3.63, 3.8) is 0 Å². The Bertz CT molecular complexity index is 857. The number of hydrogen-bond donors (Lipinski definition) is 1. The number of rotatable bonds is 9. The molecular weight excluding hydrogens is 392 g/mol. The molecule has 1 saturated heterocycles. The number of aromatic nitrogens is 2. The molecule has 1 atom stereocenters. The van der Waals surface area contributed by atoms with Crippen molar-refractivity contribution in [1.29, 1.82) is 0 Å². The summed E-state index contributed by atoms with van der Waals surface area (Å²) in [6, 6.07) is 9.80.